The van der Waals surface area contributed by atoms with Crippen molar-refractivity contribution in [1.29, 1.82) is 0 Å². The third-order valence-electron chi connectivity index (χ3n) is 6.26. The van der Waals surface area contributed by atoms with Gasteiger partial charge in [-0.3, -0.25) is 4.79 Å². The summed E-state index contributed by atoms with van der Waals surface area (Å²) in [6.45, 7) is 0.00333. The van der Waals surface area contributed by atoms with Gasteiger partial charge in [0.15, 0.2) is 23.0 Å². The Bertz CT molecular complexity index is 991. The Kier molecular flexibility index (Phi) is 4.48. The molecule has 1 saturated heterocycles. The highest BCUT2D eigenvalue weighted by Crippen LogP contribution is 2.54. The number of ether oxygens (including phenoxy) is 5. The highest BCUT2D eigenvalue weighted by atomic mass is 16.7. The predicted octanol–water partition coefficient (Wildman–Crippen LogP) is 1.89. The Labute approximate surface area is 172 Å². The van der Waals surface area contributed by atoms with Gasteiger partial charge in [0.05, 0.1) is 39.5 Å². The Morgan fingerprint density at radius 3 is 2.43 bits per heavy atom. The highest BCUT2D eigenvalue weighted by Gasteiger charge is 2.52. The van der Waals surface area contributed by atoms with E-state index < -0.39 is 17.9 Å². The van der Waals surface area contributed by atoms with Crippen molar-refractivity contribution in [2.45, 2.75) is 18.6 Å². The maximum absolute atomic E-state index is 12.7. The zero-order chi connectivity index (χ0) is 21.0. The summed E-state index contributed by atoms with van der Waals surface area (Å²) in [6, 6.07) is 7.21. The molecule has 0 radical (unpaired) electrons. The molecule has 3 unspecified atom stereocenters. The molecule has 2 N–H and O–H groups in total. The van der Waals surface area contributed by atoms with Gasteiger partial charge >= 0.3 is 5.97 Å². The Morgan fingerprint density at radius 2 is 1.77 bits per heavy atom. The van der Waals surface area contributed by atoms with Crippen LogP contribution in [0.1, 0.15) is 34.3 Å². The van der Waals surface area contributed by atoms with Crippen LogP contribution in [0, 0.1) is 11.8 Å². The van der Waals surface area contributed by atoms with Crippen molar-refractivity contribution >= 4 is 5.97 Å². The number of cyclic esters (lactones) is 1. The van der Waals surface area contributed by atoms with Crippen molar-refractivity contribution in [3.05, 3.63) is 46.5 Å². The molecule has 5 rings (SSSR count). The minimum atomic E-state index is -0.861. The number of hydrogen-bond donors (Lipinski definition) is 2. The summed E-state index contributed by atoms with van der Waals surface area (Å²) in [5, 5.41) is 20.9. The fourth-order valence-electron chi connectivity index (χ4n) is 4.90. The van der Waals surface area contributed by atoms with Gasteiger partial charge in [-0.15, -0.1) is 0 Å². The molecule has 2 aromatic rings. The van der Waals surface area contributed by atoms with E-state index in [1.807, 2.05) is 6.07 Å². The molecule has 0 saturated carbocycles. The molecule has 8 nitrogen and oxygen atoms in total. The van der Waals surface area contributed by atoms with Crippen LogP contribution in [0.2, 0.25) is 0 Å². The van der Waals surface area contributed by atoms with E-state index in [-0.39, 0.29) is 31.9 Å². The van der Waals surface area contributed by atoms with Crippen LogP contribution in [-0.4, -0.2) is 43.8 Å². The van der Waals surface area contributed by atoms with E-state index in [4.69, 9.17) is 23.7 Å². The second-order valence-corrected chi connectivity index (χ2v) is 7.65. The summed E-state index contributed by atoms with van der Waals surface area (Å²) in [5.74, 6) is 0.304. The van der Waals surface area contributed by atoms with E-state index in [0.717, 1.165) is 11.1 Å². The van der Waals surface area contributed by atoms with Crippen LogP contribution in [0.4, 0.5) is 0 Å². The molecular formula is C22H22O8. The first-order chi connectivity index (χ1) is 14.6. The van der Waals surface area contributed by atoms with Crippen LogP contribution in [0.5, 0.6) is 23.0 Å². The van der Waals surface area contributed by atoms with Crippen molar-refractivity contribution in [3.63, 3.8) is 0 Å². The number of fused-ring (bicyclic) bond motifs is 3. The van der Waals surface area contributed by atoms with Gasteiger partial charge in [0, 0.05) is 17.4 Å². The normalized spacial score (nSPS) is 26.1. The molecule has 0 aromatic heterocycles. The van der Waals surface area contributed by atoms with Crippen LogP contribution < -0.4 is 18.9 Å². The van der Waals surface area contributed by atoms with Crippen LogP contribution in [0.3, 0.4) is 0 Å². The maximum Gasteiger partial charge on any atom is 0.310 e. The molecule has 2 aromatic carbocycles. The fourth-order valence-corrected chi connectivity index (χ4v) is 4.90. The monoisotopic (exact) mass is 414 g/mol. The van der Waals surface area contributed by atoms with E-state index >= 15 is 0 Å². The molecule has 0 spiro atoms. The predicted molar refractivity (Wildman–Crippen MR) is 103 cm³/mol. The number of rotatable bonds is 4. The summed E-state index contributed by atoms with van der Waals surface area (Å²) in [5.41, 5.74) is 2.76. The Hall–Kier alpha value is -2.97. The van der Waals surface area contributed by atoms with E-state index in [1.165, 1.54) is 14.2 Å². The molecule has 158 valence electrons. The Morgan fingerprint density at radius 1 is 1.03 bits per heavy atom. The Balaban J connectivity index is 1.74. The van der Waals surface area contributed by atoms with Gasteiger partial charge in [-0.1, -0.05) is 0 Å². The summed E-state index contributed by atoms with van der Waals surface area (Å²) >= 11 is 0. The number of benzene rings is 2. The van der Waals surface area contributed by atoms with Crippen molar-refractivity contribution in [1.82, 2.24) is 0 Å². The zero-order valence-corrected chi connectivity index (χ0v) is 16.6. The first kappa shape index (κ1) is 19.0. The molecule has 30 heavy (non-hydrogen) atoms. The van der Waals surface area contributed by atoms with Crippen molar-refractivity contribution in [2.75, 3.05) is 27.6 Å². The molecule has 8 heteroatoms. The van der Waals surface area contributed by atoms with E-state index in [9.17, 15) is 15.0 Å². The van der Waals surface area contributed by atoms with Gasteiger partial charge in [0.25, 0.3) is 0 Å². The topological polar surface area (TPSA) is 104 Å². The first-order valence-electron chi connectivity index (χ1n) is 9.71. The smallest absolute Gasteiger partial charge is 0.310 e. The molecule has 1 aliphatic carbocycles. The number of aliphatic hydroxyl groups excluding tert-OH is 2. The second kappa shape index (κ2) is 7.07. The van der Waals surface area contributed by atoms with E-state index in [0.29, 0.717) is 34.1 Å². The molecule has 1 fully saturated rings. The lowest BCUT2D eigenvalue weighted by Crippen LogP contribution is -2.34. The quantitative estimate of drug-likeness (QED) is 0.731. The molecular weight excluding hydrogens is 392 g/mol. The van der Waals surface area contributed by atoms with E-state index in [2.05, 4.69) is 0 Å². The molecule has 2 heterocycles. The molecule has 2 aliphatic heterocycles. The van der Waals surface area contributed by atoms with Crippen LogP contribution in [0.15, 0.2) is 24.3 Å². The lowest BCUT2D eigenvalue weighted by atomic mass is 9.66. The summed E-state index contributed by atoms with van der Waals surface area (Å²) < 4.78 is 27.3. The average molecular weight is 414 g/mol. The lowest BCUT2D eigenvalue weighted by Gasteiger charge is -2.37. The van der Waals surface area contributed by atoms with Gasteiger partial charge in [0.1, 0.15) is 0 Å². The van der Waals surface area contributed by atoms with Gasteiger partial charge in [-0.2, -0.15) is 0 Å². The van der Waals surface area contributed by atoms with Crippen LogP contribution >= 0.6 is 0 Å². The summed E-state index contributed by atoms with van der Waals surface area (Å²) in [4.78, 5) is 12.7. The first-order valence-corrected chi connectivity index (χ1v) is 9.71. The van der Waals surface area contributed by atoms with Crippen molar-refractivity contribution in [3.8, 4) is 23.0 Å². The molecule has 0 bridgehead atoms. The molecule has 3 aliphatic rings. The number of esters is 1. The third kappa shape index (κ3) is 2.64. The minimum Gasteiger partial charge on any atom is -0.493 e. The van der Waals surface area contributed by atoms with Crippen molar-refractivity contribution in [2.24, 2.45) is 11.8 Å². The third-order valence-corrected chi connectivity index (χ3v) is 6.26. The number of methoxy groups -OCH3 is 2. The number of carbonyl (C=O) groups excluding carboxylic acids is 1. The maximum atomic E-state index is 12.7. The van der Waals surface area contributed by atoms with Gasteiger partial charge in [-0.25, -0.2) is 0 Å². The van der Waals surface area contributed by atoms with Crippen molar-refractivity contribution < 1.29 is 38.7 Å². The van der Waals surface area contributed by atoms with Gasteiger partial charge < -0.3 is 33.9 Å². The standard InChI is InChI=1S/C22H22O8/c1-26-17-4-10(3-11(7-23)21(17)27-2)18-12-5-15-16(30-9-29-15)6-13(12)20(24)14-8-28-22(25)19(14)18/h3-6,14,18-20,23-24H,7-9H2,1-2H3/t14-,18?,19?,20?/m0/s1. The summed E-state index contributed by atoms with van der Waals surface area (Å²) in [6.07, 6.45) is -0.861. The number of hydrogen-bond acceptors (Lipinski definition) is 8. The summed E-state index contributed by atoms with van der Waals surface area (Å²) in [7, 11) is 3.03. The fraction of sp³-hybridized carbons (Fsp3) is 0.409. The van der Waals surface area contributed by atoms with Crippen LogP contribution in [0.25, 0.3) is 0 Å². The van der Waals surface area contributed by atoms with Crippen LogP contribution in [-0.2, 0) is 16.1 Å². The highest BCUT2D eigenvalue weighted by molar-refractivity contribution is 5.78. The van der Waals surface area contributed by atoms with E-state index in [1.54, 1.807) is 18.2 Å². The van der Waals surface area contributed by atoms with Gasteiger partial charge in [-0.05, 0) is 41.0 Å². The zero-order valence-electron chi connectivity index (χ0n) is 16.6. The molecule has 4 atom stereocenters. The molecule has 0 amide bonds. The number of aliphatic hydroxyl groups is 2. The SMILES string of the molecule is COc1cc(C2c3cc4c(cc3C(O)[C@H]3COC(=O)C23)OCO4)cc(CO)c1OC. The van der Waals surface area contributed by atoms with Gasteiger partial charge in [0.2, 0.25) is 6.79 Å². The largest absolute Gasteiger partial charge is 0.493 e. The second-order valence-electron chi connectivity index (χ2n) is 7.65. The average Bonchev–Trinajstić information content (AvgIpc) is 3.38. The minimum absolute atomic E-state index is 0.110. The lowest BCUT2D eigenvalue weighted by molar-refractivity contribution is -0.141. The number of carbonyl (C=O) groups is 1.